The molecular weight excluding hydrogens is 254 g/mol. The van der Waals surface area contributed by atoms with Crippen molar-refractivity contribution in [3.63, 3.8) is 0 Å². The van der Waals surface area contributed by atoms with Gasteiger partial charge >= 0.3 is 0 Å². The zero-order chi connectivity index (χ0) is 13.5. The summed E-state index contributed by atoms with van der Waals surface area (Å²) >= 11 is -1.65. The Labute approximate surface area is 108 Å². The summed E-state index contributed by atoms with van der Waals surface area (Å²) in [6.45, 7) is 1.86. The highest BCUT2D eigenvalue weighted by Gasteiger charge is 2.07. The monoisotopic (exact) mass is 267 g/mol. The van der Waals surface area contributed by atoms with Crippen LogP contribution in [0.5, 0.6) is 0 Å². The van der Waals surface area contributed by atoms with Crippen molar-refractivity contribution in [1.82, 2.24) is 0 Å². The molecule has 0 saturated heterocycles. The minimum Gasteiger partial charge on any atom is -0.291 e. The van der Waals surface area contributed by atoms with E-state index in [0.29, 0.717) is 0 Å². The van der Waals surface area contributed by atoms with E-state index in [1.807, 2.05) is 19.1 Å². The predicted octanol–water partition coefficient (Wildman–Crippen LogP) is 2.44. The smallest absolute Gasteiger partial charge is 0.270 e. The van der Waals surface area contributed by atoms with Gasteiger partial charge in [0.15, 0.2) is 11.1 Å². The number of hydrogen-bond donors (Lipinski definition) is 0. The normalized spacial score (nSPS) is 13.8. The first-order valence-corrected chi connectivity index (χ1v) is 6.23. The Morgan fingerprint density at radius 2 is 2.11 bits per heavy atom. The minimum absolute atomic E-state index is 0.144. The van der Waals surface area contributed by atoms with Crippen LogP contribution in [0.4, 0.5) is 0 Å². The summed E-state index contributed by atoms with van der Waals surface area (Å²) in [6, 6.07) is 7.29. The van der Waals surface area contributed by atoms with Crippen molar-refractivity contribution in [2.24, 2.45) is 0 Å². The number of rotatable bonds is 5. The van der Waals surface area contributed by atoms with E-state index in [4.69, 9.17) is 0 Å². The van der Waals surface area contributed by atoms with Crippen molar-refractivity contribution in [3.8, 4) is 0 Å². The van der Waals surface area contributed by atoms with Gasteiger partial charge in [-0.3, -0.25) is 14.3 Å². The molecule has 1 aromatic rings. The first-order valence-electron chi connectivity index (χ1n) is 5.09. The lowest BCUT2D eigenvalue weighted by Crippen LogP contribution is -1.97. The summed E-state index contributed by atoms with van der Waals surface area (Å²) in [5.41, 5.74) is 1.53. The van der Waals surface area contributed by atoms with Gasteiger partial charge in [0.05, 0.1) is 12.0 Å². The molecule has 0 bridgehead atoms. The number of nitro groups is 1. The number of hydrogen-bond acceptors (Lipinski definition) is 4. The Hall–Kier alpha value is -1.79. The molecule has 0 aliphatic rings. The van der Waals surface area contributed by atoms with E-state index in [1.54, 1.807) is 12.1 Å². The minimum atomic E-state index is -1.65. The van der Waals surface area contributed by atoms with Crippen LogP contribution >= 0.6 is 0 Å². The Balaban J connectivity index is 3.06. The van der Waals surface area contributed by atoms with E-state index >= 15 is 0 Å². The van der Waals surface area contributed by atoms with Gasteiger partial charge in [-0.15, -0.1) is 0 Å². The van der Waals surface area contributed by atoms with Gasteiger partial charge in [0.2, 0.25) is 0 Å². The van der Waals surface area contributed by atoms with E-state index in [-0.39, 0.29) is 5.70 Å². The van der Waals surface area contributed by atoms with Crippen LogP contribution < -0.4 is 0 Å². The first kappa shape index (κ1) is 14.3. The number of nitrogens with zero attached hydrogens (tertiary/aromatic N) is 1. The molecule has 0 spiro atoms. The quantitative estimate of drug-likeness (QED) is 0.467. The van der Waals surface area contributed by atoms with Crippen molar-refractivity contribution >= 4 is 17.2 Å². The van der Waals surface area contributed by atoms with Crippen LogP contribution in [-0.4, -0.2) is 16.2 Å². The van der Waals surface area contributed by atoms with Crippen molar-refractivity contribution in [2.75, 3.05) is 7.11 Å². The van der Waals surface area contributed by atoms with E-state index in [1.165, 1.54) is 19.3 Å². The fourth-order valence-electron chi connectivity index (χ4n) is 1.25. The highest BCUT2D eigenvalue weighted by molar-refractivity contribution is 7.83. The third-order valence-corrected chi connectivity index (χ3v) is 2.90. The largest absolute Gasteiger partial charge is 0.291 e. The summed E-state index contributed by atoms with van der Waals surface area (Å²) in [5.74, 6) is 0. The molecule has 96 valence electrons. The summed E-state index contributed by atoms with van der Waals surface area (Å²) < 4.78 is 15.5. The summed E-state index contributed by atoms with van der Waals surface area (Å²) in [7, 11) is 1.26. The highest BCUT2D eigenvalue weighted by Crippen LogP contribution is 2.13. The average Bonchev–Trinajstić information content (AvgIpc) is 2.35. The lowest BCUT2D eigenvalue weighted by molar-refractivity contribution is -0.417. The summed E-state index contributed by atoms with van der Waals surface area (Å²) in [5, 5.41) is 12.0. The standard InChI is InChI=1S/C12H13NO4S/c1-10-5-3-4-6-11(10)9-12(13(14)15)7-8-18(16)17-2/h3-9H,1-2H3/b8-7-,12-9-. The second-order valence-electron chi connectivity index (χ2n) is 3.41. The lowest BCUT2D eigenvalue weighted by atomic mass is 10.1. The van der Waals surface area contributed by atoms with E-state index in [9.17, 15) is 14.3 Å². The van der Waals surface area contributed by atoms with Crippen molar-refractivity contribution in [1.29, 1.82) is 0 Å². The predicted molar refractivity (Wildman–Crippen MR) is 70.4 cm³/mol. The molecule has 1 aromatic carbocycles. The number of benzene rings is 1. The summed E-state index contributed by atoms with van der Waals surface area (Å²) in [6.07, 6.45) is 2.60. The van der Waals surface area contributed by atoms with Crippen molar-refractivity contribution < 1.29 is 13.3 Å². The maximum absolute atomic E-state index is 11.0. The molecule has 0 fully saturated rings. The van der Waals surface area contributed by atoms with Crippen LogP contribution in [0.25, 0.3) is 6.08 Å². The van der Waals surface area contributed by atoms with Gasteiger partial charge in [0.1, 0.15) is 0 Å². The molecule has 5 nitrogen and oxygen atoms in total. The van der Waals surface area contributed by atoms with Crippen LogP contribution in [0, 0.1) is 17.0 Å². The molecule has 0 N–H and O–H groups in total. The van der Waals surface area contributed by atoms with Gasteiger partial charge in [-0.05, 0) is 18.1 Å². The van der Waals surface area contributed by atoms with E-state index < -0.39 is 16.0 Å². The van der Waals surface area contributed by atoms with E-state index in [2.05, 4.69) is 4.18 Å². The maximum Gasteiger partial charge on any atom is 0.270 e. The third-order valence-electron chi connectivity index (χ3n) is 2.22. The van der Waals surface area contributed by atoms with Gasteiger partial charge in [0, 0.05) is 17.6 Å². The van der Waals surface area contributed by atoms with Gasteiger partial charge in [-0.1, -0.05) is 24.3 Å². The van der Waals surface area contributed by atoms with Gasteiger partial charge in [-0.2, -0.15) is 0 Å². The Morgan fingerprint density at radius 3 is 2.67 bits per heavy atom. The molecule has 0 aliphatic carbocycles. The highest BCUT2D eigenvalue weighted by atomic mass is 32.2. The van der Waals surface area contributed by atoms with Crippen molar-refractivity contribution in [3.05, 3.63) is 62.7 Å². The topological polar surface area (TPSA) is 69.4 Å². The van der Waals surface area contributed by atoms with Gasteiger partial charge in [-0.25, -0.2) is 4.21 Å². The molecule has 1 atom stereocenters. The van der Waals surface area contributed by atoms with Crippen LogP contribution in [0.3, 0.4) is 0 Å². The SMILES string of the molecule is COS(=O)/C=C\C(=C\c1ccccc1C)[N+](=O)[O-]. The van der Waals surface area contributed by atoms with Crippen LogP contribution in [0.2, 0.25) is 0 Å². The maximum atomic E-state index is 11.0. The molecule has 0 heterocycles. The molecule has 0 aromatic heterocycles. The molecule has 1 rings (SSSR count). The molecular formula is C12H13NO4S. The Bertz CT molecular complexity index is 523. The Morgan fingerprint density at radius 1 is 1.44 bits per heavy atom. The number of allylic oxidation sites excluding steroid dienone is 1. The molecule has 6 heteroatoms. The molecule has 18 heavy (non-hydrogen) atoms. The second kappa shape index (κ2) is 6.83. The summed E-state index contributed by atoms with van der Waals surface area (Å²) in [4.78, 5) is 10.3. The van der Waals surface area contributed by atoms with Crippen LogP contribution in [0.15, 0.2) is 41.4 Å². The second-order valence-corrected chi connectivity index (χ2v) is 4.54. The zero-order valence-corrected chi connectivity index (χ0v) is 10.8. The zero-order valence-electron chi connectivity index (χ0n) is 10.0. The number of aryl methyl sites for hydroxylation is 1. The van der Waals surface area contributed by atoms with Crippen LogP contribution in [0.1, 0.15) is 11.1 Å². The third kappa shape index (κ3) is 4.23. The average molecular weight is 267 g/mol. The first-order chi connectivity index (χ1) is 8.54. The van der Waals surface area contributed by atoms with Gasteiger partial charge < -0.3 is 0 Å². The molecule has 1 unspecified atom stereocenters. The molecule has 0 radical (unpaired) electrons. The molecule has 0 saturated carbocycles. The van der Waals surface area contributed by atoms with Gasteiger partial charge in [0.25, 0.3) is 5.70 Å². The van der Waals surface area contributed by atoms with E-state index in [0.717, 1.165) is 16.5 Å². The fraction of sp³-hybridized carbons (Fsp3) is 0.167. The lowest BCUT2D eigenvalue weighted by Gasteiger charge is -1.98. The van der Waals surface area contributed by atoms with Crippen LogP contribution in [-0.2, 0) is 15.3 Å². The fourth-order valence-corrected chi connectivity index (χ4v) is 1.61. The Kier molecular flexibility index (Phi) is 5.41. The molecule has 0 aliphatic heterocycles. The molecule has 0 amide bonds. The van der Waals surface area contributed by atoms with Crippen molar-refractivity contribution in [2.45, 2.75) is 6.92 Å².